The summed E-state index contributed by atoms with van der Waals surface area (Å²) in [7, 11) is 0. The molecule has 90 valence electrons. The zero-order valence-corrected chi connectivity index (χ0v) is 11.3. The predicted octanol–water partition coefficient (Wildman–Crippen LogP) is 5.42. The van der Waals surface area contributed by atoms with E-state index in [1.165, 1.54) is 51.4 Å². The Hall–Kier alpha value is 0. The minimum absolute atomic E-state index is 0.641. The van der Waals surface area contributed by atoms with Crippen molar-refractivity contribution >= 4 is 0 Å². The van der Waals surface area contributed by atoms with Crippen molar-refractivity contribution in [3.63, 3.8) is 0 Å². The summed E-state index contributed by atoms with van der Waals surface area (Å²) in [5.41, 5.74) is 0.641. The first-order valence-corrected chi connectivity index (χ1v) is 7.13. The van der Waals surface area contributed by atoms with Gasteiger partial charge in [-0.25, -0.2) is 0 Å². The van der Waals surface area contributed by atoms with Crippen LogP contribution in [-0.2, 0) is 0 Å². The Labute approximate surface area is 96.8 Å². The molecular formula is C15H30. The van der Waals surface area contributed by atoms with E-state index in [0.717, 1.165) is 11.8 Å². The van der Waals surface area contributed by atoms with Crippen LogP contribution in [0.15, 0.2) is 0 Å². The second kappa shape index (κ2) is 5.92. The van der Waals surface area contributed by atoms with Gasteiger partial charge in [0.15, 0.2) is 0 Å². The van der Waals surface area contributed by atoms with Crippen molar-refractivity contribution in [3.8, 4) is 0 Å². The predicted molar refractivity (Wildman–Crippen MR) is 69.0 cm³/mol. The molecule has 2 atom stereocenters. The van der Waals surface area contributed by atoms with Crippen LogP contribution >= 0.6 is 0 Å². The monoisotopic (exact) mass is 210 g/mol. The molecule has 0 spiro atoms. The van der Waals surface area contributed by atoms with Crippen molar-refractivity contribution in [3.05, 3.63) is 0 Å². The van der Waals surface area contributed by atoms with Crippen molar-refractivity contribution in [1.29, 1.82) is 0 Å². The molecule has 0 nitrogen and oxygen atoms in total. The van der Waals surface area contributed by atoms with Crippen LogP contribution in [-0.4, -0.2) is 0 Å². The van der Waals surface area contributed by atoms with Crippen LogP contribution in [0.4, 0.5) is 0 Å². The van der Waals surface area contributed by atoms with Gasteiger partial charge >= 0.3 is 0 Å². The Morgan fingerprint density at radius 3 is 1.73 bits per heavy atom. The third-order valence-electron chi connectivity index (χ3n) is 4.80. The molecule has 0 aromatic heterocycles. The van der Waals surface area contributed by atoms with Crippen molar-refractivity contribution in [2.24, 2.45) is 17.3 Å². The van der Waals surface area contributed by atoms with Crippen molar-refractivity contribution in [2.75, 3.05) is 0 Å². The SMILES string of the molecule is CCC1CCCC(CC)CC(C)(CC)C1. The van der Waals surface area contributed by atoms with E-state index in [2.05, 4.69) is 27.7 Å². The lowest BCUT2D eigenvalue weighted by molar-refractivity contribution is 0.139. The molecule has 1 rings (SSSR count). The van der Waals surface area contributed by atoms with Gasteiger partial charge in [0.1, 0.15) is 0 Å². The fourth-order valence-corrected chi connectivity index (χ4v) is 3.36. The number of hydrogen-bond acceptors (Lipinski definition) is 0. The smallest absolute Gasteiger partial charge is 0.0323 e. The average molecular weight is 210 g/mol. The summed E-state index contributed by atoms with van der Waals surface area (Å²) in [5, 5.41) is 0. The Morgan fingerprint density at radius 2 is 1.40 bits per heavy atom. The van der Waals surface area contributed by atoms with Gasteiger partial charge in [0, 0.05) is 0 Å². The number of rotatable bonds is 3. The van der Waals surface area contributed by atoms with E-state index in [1.807, 2.05) is 0 Å². The van der Waals surface area contributed by atoms with E-state index < -0.39 is 0 Å². The molecule has 1 aliphatic carbocycles. The van der Waals surface area contributed by atoms with Gasteiger partial charge in [-0.3, -0.25) is 0 Å². The maximum atomic E-state index is 2.53. The van der Waals surface area contributed by atoms with E-state index >= 15 is 0 Å². The molecule has 0 radical (unpaired) electrons. The molecule has 0 aromatic carbocycles. The lowest BCUT2D eigenvalue weighted by Gasteiger charge is -2.38. The van der Waals surface area contributed by atoms with Gasteiger partial charge < -0.3 is 0 Å². The standard InChI is InChI=1S/C15H30/c1-5-13-9-8-10-14(6-2)12-15(4,7-3)11-13/h13-14H,5-12H2,1-4H3. The lowest BCUT2D eigenvalue weighted by atomic mass is 9.68. The van der Waals surface area contributed by atoms with Gasteiger partial charge in [0.25, 0.3) is 0 Å². The first-order chi connectivity index (χ1) is 7.13. The topological polar surface area (TPSA) is 0 Å². The highest BCUT2D eigenvalue weighted by molar-refractivity contribution is 4.81. The molecular weight excluding hydrogens is 180 g/mol. The third-order valence-corrected chi connectivity index (χ3v) is 4.80. The highest BCUT2D eigenvalue weighted by Crippen LogP contribution is 2.42. The van der Waals surface area contributed by atoms with E-state index in [0.29, 0.717) is 5.41 Å². The molecule has 1 aliphatic rings. The van der Waals surface area contributed by atoms with Crippen LogP contribution in [0, 0.1) is 17.3 Å². The Balaban J connectivity index is 2.63. The number of hydrogen-bond donors (Lipinski definition) is 0. The van der Waals surface area contributed by atoms with Gasteiger partial charge in [-0.2, -0.15) is 0 Å². The molecule has 2 unspecified atom stereocenters. The second-order valence-electron chi connectivity index (χ2n) is 6.05. The zero-order chi connectivity index (χ0) is 11.3. The van der Waals surface area contributed by atoms with Crippen LogP contribution < -0.4 is 0 Å². The molecule has 0 saturated heterocycles. The maximum absolute atomic E-state index is 2.53. The summed E-state index contributed by atoms with van der Waals surface area (Å²) in [6, 6.07) is 0. The van der Waals surface area contributed by atoms with Crippen LogP contribution in [0.3, 0.4) is 0 Å². The van der Waals surface area contributed by atoms with Crippen LogP contribution in [0.25, 0.3) is 0 Å². The molecule has 1 saturated carbocycles. The summed E-state index contributed by atoms with van der Waals surface area (Å²) in [5.74, 6) is 2.01. The van der Waals surface area contributed by atoms with E-state index in [4.69, 9.17) is 0 Å². The minimum Gasteiger partial charge on any atom is -0.0651 e. The molecule has 0 heteroatoms. The minimum atomic E-state index is 0.641. The summed E-state index contributed by atoms with van der Waals surface area (Å²) >= 11 is 0. The van der Waals surface area contributed by atoms with Crippen LogP contribution in [0.2, 0.25) is 0 Å². The molecule has 1 fully saturated rings. The Bertz CT molecular complexity index is 157. The van der Waals surface area contributed by atoms with E-state index in [1.54, 1.807) is 0 Å². The first kappa shape index (κ1) is 13.1. The van der Waals surface area contributed by atoms with E-state index in [9.17, 15) is 0 Å². The maximum Gasteiger partial charge on any atom is -0.0323 e. The van der Waals surface area contributed by atoms with Crippen molar-refractivity contribution < 1.29 is 0 Å². The van der Waals surface area contributed by atoms with Crippen LogP contribution in [0.5, 0.6) is 0 Å². The Kier molecular flexibility index (Phi) is 5.15. The van der Waals surface area contributed by atoms with Gasteiger partial charge in [-0.15, -0.1) is 0 Å². The fraction of sp³-hybridized carbons (Fsp3) is 1.00. The highest BCUT2D eigenvalue weighted by atomic mass is 14.4. The van der Waals surface area contributed by atoms with Crippen molar-refractivity contribution in [2.45, 2.75) is 79.1 Å². The fourth-order valence-electron chi connectivity index (χ4n) is 3.36. The van der Waals surface area contributed by atoms with Gasteiger partial charge in [-0.1, -0.05) is 66.2 Å². The highest BCUT2D eigenvalue weighted by Gasteiger charge is 2.30. The van der Waals surface area contributed by atoms with E-state index in [-0.39, 0.29) is 0 Å². The molecule has 0 N–H and O–H groups in total. The van der Waals surface area contributed by atoms with Crippen LogP contribution in [0.1, 0.15) is 79.1 Å². The summed E-state index contributed by atoms with van der Waals surface area (Å²) in [6.45, 7) is 9.67. The third kappa shape index (κ3) is 3.81. The van der Waals surface area contributed by atoms with Gasteiger partial charge in [-0.05, 0) is 30.1 Å². The molecule has 15 heavy (non-hydrogen) atoms. The lowest BCUT2D eigenvalue weighted by Crippen LogP contribution is -2.25. The van der Waals surface area contributed by atoms with Gasteiger partial charge in [0.2, 0.25) is 0 Å². The molecule has 0 bridgehead atoms. The summed E-state index contributed by atoms with van der Waals surface area (Å²) in [6.07, 6.45) is 11.6. The van der Waals surface area contributed by atoms with Crippen molar-refractivity contribution in [1.82, 2.24) is 0 Å². The molecule has 0 amide bonds. The summed E-state index contributed by atoms with van der Waals surface area (Å²) < 4.78 is 0. The summed E-state index contributed by atoms with van der Waals surface area (Å²) in [4.78, 5) is 0. The second-order valence-corrected chi connectivity index (χ2v) is 6.05. The largest absolute Gasteiger partial charge is 0.0651 e. The quantitative estimate of drug-likeness (QED) is 0.583. The van der Waals surface area contributed by atoms with Gasteiger partial charge in [0.05, 0.1) is 0 Å². The Morgan fingerprint density at radius 1 is 0.933 bits per heavy atom. The normalized spacial score (nSPS) is 38.4. The molecule has 0 aliphatic heterocycles. The first-order valence-electron chi connectivity index (χ1n) is 7.13. The molecule has 0 aromatic rings. The average Bonchev–Trinajstić information content (AvgIpc) is 2.23. The molecule has 0 heterocycles. The zero-order valence-electron chi connectivity index (χ0n) is 11.3.